The van der Waals surface area contributed by atoms with Gasteiger partial charge in [-0.25, -0.2) is 19.2 Å². The Balaban J connectivity index is 1.10. The summed E-state index contributed by atoms with van der Waals surface area (Å²) >= 11 is 1.66. The number of aromatic amines is 2. The van der Waals surface area contributed by atoms with Gasteiger partial charge in [0.05, 0.1) is 55.1 Å². The number of ether oxygens (including phenoxy) is 1. The Bertz CT molecular complexity index is 2270. The Kier molecular flexibility index (Phi) is 11.6. The molecule has 3 amide bonds. The number of rotatable bonds is 12. The molecule has 3 aromatic heterocycles. The molecule has 7 rings (SSSR count). The quantitative estimate of drug-likeness (QED) is 0.0883. The number of fused-ring (bicyclic) bond motifs is 3. The summed E-state index contributed by atoms with van der Waals surface area (Å²) < 4.78 is 19.7. The molecule has 2 fully saturated rings. The van der Waals surface area contributed by atoms with Crippen molar-refractivity contribution in [3.8, 4) is 21.0 Å². The van der Waals surface area contributed by atoms with Crippen molar-refractivity contribution in [3.63, 3.8) is 0 Å². The number of alkyl halides is 1. The van der Waals surface area contributed by atoms with Crippen LogP contribution in [0.3, 0.4) is 0 Å². The third-order valence-electron chi connectivity index (χ3n) is 11.3. The summed E-state index contributed by atoms with van der Waals surface area (Å²) in [6, 6.07) is 14.1. The van der Waals surface area contributed by atoms with Gasteiger partial charge in [0.25, 0.3) is 0 Å². The van der Waals surface area contributed by atoms with E-state index in [9.17, 15) is 23.9 Å². The number of nitrogens with zero attached hydrogens (tertiary/aromatic N) is 4. The summed E-state index contributed by atoms with van der Waals surface area (Å²) in [4.78, 5) is 60.9. The summed E-state index contributed by atoms with van der Waals surface area (Å²) in [5.74, 6) is 0.870. The zero-order valence-electron chi connectivity index (χ0n) is 33.6. The highest BCUT2D eigenvalue weighted by Gasteiger charge is 2.46. The predicted molar refractivity (Wildman–Crippen MR) is 223 cm³/mol. The summed E-state index contributed by atoms with van der Waals surface area (Å²) in [6.07, 6.45) is 1.19. The summed E-state index contributed by atoms with van der Waals surface area (Å²) in [5, 5.41) is 16.9. The number of hydrogen-bond acceptors (Lipinski definition) is 9. The number of alkyl carbamates (subject to hydrolysis) is 1. The van der Waals surface area contributed by atoms with Crippen LogP contribution in [0, 0.1) is 11.8 Å². The van der Waals surface area contributed by atoms with E-state index in [1.165, 1.54) is 7.11 Å². The van der Waals surface area contributed by atoms with Crippen LogP contribution in [0.5, 0.6) is 0 Å². The van der Waals surface area contributed by atoms with Gasteiger partial charge in [0.2, 0.25) is 11.8 Å². The molecule has 16 heteroatoms. The van der Waals surface area contributed by atoms with Gasteiger partial charge in [0.15, 0.2) is 0 Å². The van der Waals surface area contributed by atoms with E-state index in [-0.39, 0.29) is 42.4 Å². The molecule has 0 radical (unpaired) electrons. The molecule has 0 unspecified atom stereocenters. The van der Waals surface area contributed by atoms with Crippen molar-refractivity contribution in [2.24, 2.45) is 11.8 Å². The fourth-order valence-corrected chi connectivity index (χ4v) is 12.1. The van der Waals surface area contributed by atoms with Crippen molar-refractivity contribution in [2.75, 3.05) is 33.0 Å². The Labute approximate surface area is 336 Å². The monoisotopic (exact) mass is 816 g/mol. The average molecular weight is 817 g/mol. The third-order valence-corrected chi connectivity index (χ3v) is 15.2. The summed E-state index contributed by atoms with van der Waals surface area (Å²) in [5.41, 5.74) is 3.65. The van der Waals surface area contributed by atoms with Crippen LogP contribution in [0.2, 0.25) is 19.1 Å². The molecular weight excluding hydrogens is 764 g/mol. The number of amides is 3. The number of thiophene rings is 1. The molecule has 0 bridgehead atoms. The molecule has 5 N–H and O–H groups in total. The molecule has 0 saturated carbocycles. The first-order valence-corrected chi connectivity index (χ1v) is 23.9. The number of carbonyl (C=O) groups excluding carboxylic acids is 3. The van der Waals surface area contributed by atoms with Gasteiger partial charge in [-0.2, -0.15) is 0 Å². The second-order valence-electron chi connectivity index (χ2n) is 17.0. The van der Waals surface area contributed by atoms with Gasteiger partial charge in [-0.3, -0.25) is 14.5 Å². The van der Waals surface area contributed by atoms with Gasteiger partial charge in [-0.15, -0.1) is 11.3 Å². The lowest BCUT2D eigenvalue weighted by atomic mass is 10.0. The van der Waals surface area contributed by atoms with Crippen LogP contribution in [-0.4, -0.2) is 112 Å². The number of aromatic nitrogens is 4. The van der Waals surface area contributed by atoms with Crippen molar-refractivity contribution in [2.45, 2.75) is 83.6 Å². The average Bonchev–Trinajstić information content (AvgIpc) is 4.02. The van der Waals surface area contributed by atoms with Crippen molar-refractivity contribution < 1.29 is 28.6 Å². The minimum absolute atomic E-state index is 0.0982. The number of nitrogens with one attached hydrogen (secondary N) is 4. The van der Waals surface area contributed by atoms with E-state index >= 15 is 0 Å². The molecule has 304 valence electrons. The molecular formula is C41H53FN8O5SSi. The lowest BCUT2D eigenvalue weighted by Crippen LogP contribution is -2.52. The highest BCUT2D eigenvalue weighted by molar-refractivity contribution is 7.18. The second kappa shape index (κ2) is 16.3. The van der Waals surface area contributed by atoms with Gasteiger partial charge in [0, 0.05) is 42.0 Å². The highest BCUT2D eigenvalue weighted by atomic mass is 32.1. The molecule has 5 aromatic rings. The number of methoxy groups -OCH3 is 1. The molecule has 0 spiro atoms. The maximum Gasteiger partial charge on any atom is 0.407 e. The van der Waals surface area contributed by atoms with E-state index in [4.69, 9.17) is 14.7 Å². The number of benzene rings is 2. The number of aliphatic hydroxyl groups excluding tert-OH is 1. The topological polar surface area (TPSA) is 169 Å². The van der Waals surface area contributed by atoms with Gasteiger partial charge in [-0.05, 0) is 53.1 Å². The Morgan fingerprint density at radius 1 is 1.02 bits per heavy atom. The van der Waals surface area contributed by atoms with Crippen LogP contribution in [0.4, 0.5) is 9.18 Å². The highest BCUT2D eigenvalue weighted by Crippen LogP contribution is 2.41. The van der Waals surface area contributed by atoms with Crippen molar-refractivity contribution in [1.82, 2.24) is 40.4 Å². The smallest absolute Gasteiger partial charge is 0.407 e. The minimum atomic E-state index is -1.76. The molecule has 2 aromatic carbocycles. The zero-order chi connectivity index (χ0) is 40.8. The van der Waals surface area contributed by atoms with Crippen LogP contribution >= 0.6 is 11.3 Å². The first-order chi connectivity index (χ1) is 27.1. The molecule has 57 heavy (non-hydrogen) atoms. The first-order valence-electron chi connectivity index (χ1n) is 19.7. The molecule has 2 aliphatic rings. The number of likely N-dealkylation sites (tertiary alicyclic amines) is 1. The standard InChI is InChI=1S/C41H53FN8O5SSi/c1-22(2)30(44-35(52)19-51)18-49-17-26(42)15-31(49)39-45-28-11-9-24-14-25(8-10-27(24)37(28)47-39)33-12-13-34(56-33)29-16-43-38(46-29)32-20-57(6,7)21-50(32)40(53)36(23(3)4)48-41(54)55-5/h8-14,16,22-23,26,30-32,36,51H,15,17-21H2,1-7H3,(H,43,46)(H,44,52)(H,45,47)(H,48,54)/t26-,30-,31+,32+,36+/m1/s1. The SMILES string of the molecule is COC(=O)N[C@H](C(=O)N1C[Si](C)(C)C[C@H]1c1ncc(-c2ccc(-c3ccc4c(ccc5[nH]c([C@@H]6C[C@@H](F)CN6C[C@@H](NC(=O)CO)C(C)C)nc54)c3)s2)[nH]1)C(C)C. The lowest BCUT2D eigenvalue weighted by molar-refractivity contribution is -0.135. The van der Waals surface area contributed by atoms with Crippen molar-refractivity contribution in [3.05, 3.63) is 60.3 Å². The Morgan fingerprint density at radius 3 is 2.51 bits per heavy atom. The molecule has 5 atom stereocenters. The minimum Gasteiger partial charge on any atom is -0.453 e. The number of imidazole rings is 2. The van der Waals surface area contributed by atoms with E-state index in [0.717, 1.165) is 54.7 Å². The summed E-state index contributed by atoms with van der Waals surface area (Å²) in [6.45, 7) is 12.5. The fourth-order valence-electron chi connectivity index (χ4n) is 8.29. The van der Waals surface area contributed by atoms with Crippen LogP contribution in [0.1, 0.15) is 57.8 Å². The number of H-pyrrole nitrogens is 2. The molecule has 0 aliphatic carbocycles. The van der Waals surface area contributed by atoms with E-state index in [0.29, 0.717) is 25.0 Å². The summed E-state index contributed by atoms with van der Waals surface area (Å²) in [7, 11) is -0.460. The van der Waals surface area contributed by atoms with Gasteiger partial charge in [-0.1, -0.05) is 59.0 Å². The second-order valence-corrected chi connectivity index (χ2v) is 23.1. The van der Waals surface area contributed by atoms with E-state index in [1.807, 2.05) is 49.8 Å². The predicted octanol–water partition coefficient (Wildman–Crippen LogP) is 6.56. The van der Waals surface area contributed by atoms with E-state index in [1.54, 1.807) is 11.3 Å². The molecule has 2 saturated heterocycles. The third kappa shape index (κ3) is 8.50. The van der Waals surface area contributed by atoms with Crippen molar-refractivity contribution in [1.29, 1.82) is 0 Å². The van der Waals surface area contributed by atoms with Crippen LogP contribution in [0.15, 0.2) is 48.7 Å². The molecule has 5 heterocycles. The van der Waals surface area contributed by atoms with Crippen LogP contribution in [0.25, 0.3) is 42.8 Å². The van der Waals surface area contributed by atoms with Crippen molar-refractivity contribution >= 4 is 59.1 Å². The number of carbonyl (C=O) groups is 3. The van der Waals surface area contributed by atoms with Crippen LogP contribution < -0.4 is 10.6 Å². The number of hydrogen-bond donors (Lipinski definition) is 5. The van der Waals surface area contributed by atoms with E-state index in [2.05, 4.69) is 70.1 Å². The zero-order valence-corrected chi connectivity index (χ0v) is 35.4. The van der Waals surface area contributed by atoms with Crippen LogP contribution in [-0.2, 0) is 14.3 Å². The van der Waals surface area contributed by atoms with Gasteiger partial charge in [0.1, 0.15) is 30.5 Å². The lowest BCUT2D eigenvalue weighted by Gasteiger charge is -2.30. The molecule has 2 aliphatic heterocycles. The van der Waals surface area contributed by atoms with Gasteiger partial charge >= 0.3 is 6.09 Å². The maximum absolute atomic E-state index is 14.9. The maximum atomic E-state index is 14.9. The van der Waals surface area contributed by atoms with E-state index < -0.39 is 38.9 Å². The normalized spacial score (nSPS) is 20.8. The Morgan fingerprint density at radius 2 is 1.79 bits per heavy atom. The molecule has 13 nitrogen and oxygen atoms in total. The Hall–Kier alpha value is -4.64. The number of aliphatic hydroxyl groups is 1. The first kappa shape index (κ1) is 40.5. The largest absolute Gasteiger partial charge is 0.453 e. The number of halogens is 1. The fraction of sp³-hybridized carbons (Fsp3) is 0.488. The van der Waals surface area contributed by atoms with Gasteiger partial charge < -0.3 is 35.3 Å².